The van der Waals surface area contributed by atoms with Crippen molar-refractivity contribution >= 4 is 11.0 Å². The minimum atomic E-state index is -0.0759. The molecule has 0 N–H and O–H groups in total. The van der Waals surface area contributed by atoms with Crippen molar-refractivity contribution in [2.24, 2.45) is 0 Å². The van der Waals surface area contributed by atoms with Gasteiger partial charge in [0, 0.05) is 12.0 Å². The van der Waals surface area contributed by atoms with Crippen LogP contribution < -0.4 is 19.6 Å². The second-order valence-corrected chi connectivity index (χ2v) is 5.29. The van der Waals surface area contributed by atoms with Crippen molar-refractivity contribution in [3.8, 4) is 17.2 Å². The molecule has 0 atom stereocenters. The highest BCUT2D eigenvalue weighted by molar-refractivity contribution is 5.85. The third-order valence-corrected chi connectivity index (χ3v) is 3.91. The predicted octanol–water partition coefficient (Wildman–Crippen LogP) is 3.41. The van der Waals surface area contributed by atoms with Crippen LogP contribution in [0.5, 0.6) is 17.2 Å². The first-order valence-corrected chi connectivity index (χ1v) is 7.46. The van der Waals surface area contributed by atoms with Gasteiger partial charge in [-0.25, -0.2) is 0 Å². The molecule has 1 aromatic heterocycles. The zero-order valence-corrected chi connectivity index (χ0v) is 13.8. The molecule has 0 unspecified atom stereocenters. The molecule has 0 saturated heterocycles. The number of methoxy groups -OCH3 is 3. The molecule has 3 aromatic rings. The monoisotopic (exact) mass is 326 g/mol. The van der Waals surface area contributed by atoms with E-state index in [0.717, 1.165) is 11.3 Å². The van der Waals surface area contributed by atoms with Gasteiger partial charge in [-0.2, -0.15) is 0 Å². The first-order chi connectivity index (χ1) is 11.7. The highest BCUT2D eigenvalue weighted by Gasteiger charge is 2.15. The minimum absolute atomic E-state index is 0.0759. The van der Waals surface area contributed by atoms with Crippen LogP contribution in [-0.4, -0.2) is 21.3 Å². The molecule has 124 valence electrons. The second kappa shape index (κ2) is 6.66. The largest absolute Gasteiger partial charge is 0.497 e. The Kier molecular flexibility index (Phi) is 4.42. The zero-order valence-electron chi connectivity index (χ0n) is 13.8. The van der Waals surface area contributed by atoms with Crippen LogP contribution in [-0.2, 0) is 6.42 Å². The molecule has 0 amide bonds. The Bertz CT molecular complexity index is 909. The fraction of sp³-hybridized carbons (Fsp3) is 0.211. The Morgan fingerprint density at radius 1 is 0.917 bits per heavy atom. The van der Waals surface area contributed by atoms with Crippen molar-refractivity contribution in [2.45, 2.75) is 6.42 Å². The lowest BCUT2D eigenvalue weighted by Crippen LogP contribution is -2.10. The average molecular weight is 326 g/mol. The summed E-state index contributed by atoms with van der Waals surface area (Å²) in [6, 6.07) is 11.0. The van der Waals surface area contributed by atoms with Gasteiger partial charge in [0.25, 0.3) is 0 Å². The molecule has 2 aromatic carbocycles. The van der Waals surface area contributed by atoms with Crippen molar-refractivity contribution in [3.05, 3.63) is 64.0 Å². The number of fused-ring (bicyclic) bond motifs is 1. The molecule has 0 saturated carbocycles. The van der Waals surface area contributed by atoms with Gasteiger partial charge in [-0.15, -0.1) is 0 Å². The van der Waals surface area contributed by atoms with Crippen molar-refractivity contribution in [3.63, 3.8) is 0 Å². The third kappa shape index (κ3) is 2.80. The molecule has 0 bridgehead atoms. The summed E-state index contributed by atoms with van der Waals surface area (Å²) >= 11 is 0. The van der Waals surface area contributed by atoms with Crippen LogP contribution in [0.4, 0.5) is 0 Å². The first kappa shape index (κ1) is 15.9. The Morgan fingerprint density at radius 2 is 1.67 bits per heavy atom. The fourth-order valence-electron chi connectivity index (χ4n) is 2.64. The second-order valence-electron chi connectivity index (χ2n) is 5.29. The van der Waals surface area contributed by atoms with Crippen LogP contribution in [0.25, 0.3) is 11.0 Å². The molecule has 0 aliphatic heterocycles. The average Bonchev–Trinajstić information content (AvgIpc) is 2.63. The molecule has 0 fully saturated rings. The minimum Gasteiger partial charge on any atom is -0.497 e. The van der Waals surface area contributed by atoms with Crippen LogP contribution in [0.15, 0.2) is 51.9 Å². The Hall–Kier alpha value is -2.95. The standard InChI is InChI=1S/C19H18O5/c1-21-14-6-4-12(5-7-14)10-13-11-24-18-15(17(13)20)8-9-16(22-2)19(18)23-3/h4-9,11H,10H2,1-3H3. The van der Waals surface area contributed by atoms with Gasteiger partial charge in [-0.05, 0) is 29.8 Å². The number of rotatable bonds is 5. The van der Waals surface area contributed by atoms with Gasteiger partial charge in [0.05, 0.1) is 33.0 Å². The number of ether oxygens (including phenoxy) is 3. The summed E-state index contributed by atoms with van der Waals surface area (Å²) in [5, 5.41) is 0.471. The van der Waals surface area contributed by atoms with Crippen LogP contribution in [0.3, 0.4) is 0 Å². The molecule has 0 radical (unpaired) electrons. The summed E-state index contributed by atoms with van der Waals surface area (Å²) in [6.45, 7) is 0. The molecular formula is C19H18O5. The lowest BCUT2D eigenvalue weighted by atomic mass is 10.0. The summed E-state index contributed by atoms with van der Waals surface area (Å²) in [5.74, 6) is 1.72. The topological polar surface area (TPSA) is 57.9 Å². The fourth-order valence-corrected chi connectivity index (χ4v) is 2.64. The third-order valence-electron chi connectivity index (χ3n) is 3.91. The number of benzene rings is 2. The summed E-state index contributed by atoms with van der Waals surface area (Å²) < 4.78 is 21.4. The smallest absolute Gasteiger partial charge is 0.204 e. The van der Waals surface area contributed by atoms with Crippen molar-refractivity contribution in [1.82, 2.24) is 0 Å². The SMILES string of the molecule is COc1ccc(Cc2coc3c(OC)c(OC)ccc3c2=O)cc1. The first-order valence-electron chi connectivity index (χ1n) is 7.46. The van der Waals surface area contributed by atoms with Gasteiger partial charge in [-0.3, -0.25) is 4.79 Å². The molecule has 0 aliphatic rings. The van der Waals surface area contributed by atoms with Crippen molar-refractivity contribution in [1.29, 1.82) is 0 Å². The van der Waals surface area contributed by atoms with E-state index in [1.54, 1.807) is 26.4 Å². The molecule has 3 rings (SSSR count). The molecule has 0 aliphatic carbocycles. The quantitative estimate of drug-likeness (QED) is 0.719. The molecule has 1 heterocycles. The maximum absolute atomic E-state index is 12.7. The summed E-state index contributed by atoms with van der Waals surface area (Å²) in [4.78, 5) is 12.7. The van der Waals surface area contributed by atoms with Gasteiger partial charge in [0.1, 0.15) is 5.75 Å². The summed E-state index contributed by atoms with van der Waals surface area (Å²) in [7, 11) is 4.68. The Morgan fingerprint density at radius 3 is 2.29 bits per heavy atom. The van der Waals surface area contributed by atoms with E-state index in [1.807, 2.05) is 24.3 Å². The molecule has 0 spiro atoms. The van der Waals surface area contributed by atoms with E-state index in [-0.39, 0.29) is 5.43 Å². The highest BCUT2D eigenvalue weighted by Crippen LogP contribution is 2.34. The Labute approximate surface area is 139 Å². The van der Waals surface area contributed by atoms with E-state index < -0.39 is 0 Å². The van der Waals surface area contributed by atoms with Crippen LogP contribution in [0, 0.1) is 0 Å². The van der Waals surface area contributed by atoms with E-state index in [0.29, 0.717) is 34.5 Å². The molecule has 5 heteroatoms. The lowest BCUT2D eigenvalue weighted by molar-refractivity contribution is 0.353. The number of hydrogen-bond donors (Lipinski definition) is 0. The van der Waals surface area contributed by atoms with Crippen LogP contribution >= 0.6 is 0 Å². The lowest BCUT2D eigenvalue weighted by Gasteiger charge is -2.10. The van der Waals surface area contributed by atoms with E-state index in [1.165, 1.54) is 13.4 Å². The van der Waals surface area contributed by atoms with Gasteiger partial charge in [-0.1, -0.05) is 12.1 Å². The van der Waals surface area contributed by atoms with E-state index in [2.05, 4.69) is 0 Å². The highest BCUT2D eigenvalue weighted by atomic mass is 16.5. The summed E-state index contributed by atoms with van der Waals surface area (Å²) in [5.41, 5.74) is 1.90. The van der Waals surface area contributed by atoms with Crippen molar-refractivity contribution in [2.75, 3.05) is 21.3 Å². The molecule has 5 nitrogen and oxygen atoms in total. The van der Waals surface area contributed by atoms with Crippen LogP contribution in [0.2, 0.25) is 0 Å². The predicted molar refractivity (Wildman–Crippen MR) is 91.4 cm³/mol. The van der Waals surface area contributed by atoms with E-state index in [9.17, 15) is 4.79 Å². The normalized spacial score (nSPS) is 10.6. The van der Waals surface area contributed by atoms with Gasteiger partial charge >= 0.3 is 0 Å². The maximum atomic E-state index is 12.7. The maximum Gasteiger partial charge on any atom is 0.204 e. The Balaban J connectivity index is 2.03. The van der Waals surface area contributed by atoms with Gasteiger partial charge < -0.3 is 18.6 Å². The van der Waals surface area contributed by atoms with Crippen LogP contribution in [0.1, 0.15) is 11.1 Å². The van der Waals surface area contributed by atoms with Gasteiger partial charge in [0.2, 0.25) is 5.75 Å². The summed E-state index contributed by atoms with van der Waals surface area (Å²) in [6.07, 6.45) is 1.97. The molecular weight excluding hydrogens is 308 g/mol. The zero-order chi connectivity index (χ0) is 17.1. The van der Waals surface area contributed by atoms with Crippen molar-refractivity contribution < 1.29 is 18.6 Å². The number of hydrogen-bond acceptors (Lipinski definition) is 5. The van der Waals surface area contributed by atoms with E-state index in [4.69, 9.17) is 18.6 Å². The van der Waals surface area contributed by atoms with Gasteiger partial charge in [0.15, 0.2) is 16.8 Å². The van der Waals surface area contributed by atoms with E-state index >= 15 is 0 Å². The molecule has 24 heavy (non-hydrogen) atoms.